The van der Waals surface area contributed by atoms with Crippen molar-refractivity contribution in [3.8, 4) is 5.82 Å². The summed E-state index contributed by atoms with van der Waals surface area (Å²) in [5.74, 6) is 1.31. The van der Waals surface area contributed by atoms with E-state index in [0.29, 0.717) is 28.9 Å². The Morgan fingerprint density at radius 1 is 1.30 bits per heavy atom. The van der Waals surface area contributed by atoms with Crippen LogP contribution in [0.2, 0.25) is 0 Å². The van der Waals surface area contributed by atoms with Gasteiger partial charge in [-0.25, -0.2) is 9.78 Å². The Balaban J connectivity index is 0.00000210. The molecule has 0 radical (unpaired) electrons. The summed E-state index contributed by atoms with van der Waals surface area (Å²) in [6, 6.07) is 3.42. The van der Waals surface area contributed by atoms with Crippen LogP contribution < -0.4 is 16.6 Å². The average molecular weight is 393 g/mol. The average Bonchev–Trinajstić information content (AvgIpc) is 2.98. The normalized spacial score (nSPS) is 26.9. The maximum atomic E-state index is 12.9. The van der Waals surface area contributed by atoms with Crippen molar-refractivity contribution in [2.24, 2.45) is 17.6 Å². The number of carbonyl (C=O) groups excluding carboxylic acids is 1. The molecule has 2 aromatic rings. The van der Waals surface area contributed by atoms with Crippen LogP contribution in [0.1, 0.15) is 48.2 Å². The van der Waals surface area contributed by atoms with Crippen LogP contribution in [0.15, 0.2) is 23.1 Å². The van der Waals surface area contributed by atoms with E-state index in [0.717, 1.165) is 25.7 Å². The van der Waals surface area contributed by atoms with Crippen LogP contribution in [0.4, 0.5) is 0 Å². The number of hydrogen-bond donors (Lipinski definition) is 3. The Kier molecular flexibility index (Phi) is 5.67. The molecule has 2 aliphatic rings. The minimum absolute atomic E-state index is 0. The van der Waals surface area contributed by atoms with Crippen molar-refractivity contribution in [3.63, 3.8) is 0 Å². The summed E-state index contributed by atoms with van der Waals surface area (Å²) in [5.41, 5.74) is 7.12. The van der Waals surface area contributed by atoms with Gasteiger partial charge in [-0.15, -0.1) is 12.4 Å². The van der Waals surface area contributed by atoms with Gasteiger partial charge in [-0.2, -0.15) is 10.2 Å². The maximum Gasteiger partial charge on any atom is 0.264 e. The van der Waals surface area contributed by atoms with E-state index < -0.39 is 0 Å². The first-order valence-corrected chi connectivity index (χ1v) is 9.20. The SMILES string of the molecule is Cc1c(C(=O)NC2C3CCCC2CC(N)C3)cnn1-c1ccc(=O)[nH]n1.Cl. The van der Waals surface area contributed by atoms with Gasteiger partial charge in [0.25, 0.3) is 11.5 Å². The van der Waals surface area contributed by atoms with Crippen LogP contribution in [0.25, 0.3) is 5.82 Å². The quantitative estimate of drug-likeness (QED) is 0.727. The molecule has 1 amide bonds. The maximum absolute atomic E-state index is 12.9. The molecular weight excluding hydrogens is 368 g/mol. The van der Waals surface area contributed by atoms with Crippen LogP contribution in [0, 0.1) is 18.8 Å². The molecule has 2 saturated carbocycles. The zero-order chi connectivity index (χ0) is 18.3. The number of nitrogens with two attached hydrogens (primary N) is 1. The third-order valence-corrected chi connectivity index (χ3v) is 5.81. The Morgan fingerprint density at radius 2 is 2.00 bits per heavy atom. The highest BCUT2D eigenvalue weighted by Crippen LogP contribution is 2.39. The molecule has 0 aromatic carbocycles. The Hall–Kier alpha value is -2.19. The first-order chi connectivity index (χ1) is 12.5. The molecule has 2 aromatic heterocycles. The number of hydrogen-bond acceptors (Lipinski definition) is 5. The smallest absolute Gasteiger partial charge is 0.264 e. The lowest BCUT2D eigenvalue weighted by atomic mass is 9.67. The molecule has 9 heteroatoms. The van der Waals surface area contributed by atoms with Crippen molar-refractivity contribution in [1.82, 2.24) is 25.3 Å². The van der Waals surface area contributed by atoms with E-state index >= 15 is 0 Å². The molecular formula is C18H25ClN6O2. The first-order valence-electron chi connectivity index (χ1n) is 9.20. The summed E-state index contributed by atoms with van der Waals surface area (Å²) in [6.45, 7) is 1.83. The van der Waals surface area contributed by atoms with E-state index in [1.54, 1.807) is 16.9 Å². The Bertz CT molecular complexity index is 844. The standard InChI is InChI=1S/C18H24N6O2.ClH/c1-10-14(9-20-24(10)15-5-6-16(25)23-22-15)18(26)21-17-11-3-2-4-12(17)8-13(19)7-11;/h5-6,9,11-13,17H,2-4,7-8,19H2,1H3,(H,21,26)(H,23,25);1H. The summed E-state index contributed by atoms with van der Waals surface area (Å²) >= 11 is 0. The number of H-pyrrole nitrogens is 1. The number of carbonyl (C=O) groups is 1. The first kappa shape index (κ1) is 19.6. The van der Waals surface area contributed by atoms with Gasteiger partial charge in [-0.05, 0) is 50.5 Å². The third-order valence-electron chi connectivity index (χ3n) is 5.81. The van der Waals surface area contributed by atoms with Crippen molar-refractivity contribution < 1.29 is 4.79 Å². The predicted molar refractivity (Wildman–Crippen MR) is 103 cm³/mol. The van der Waals surface area contributed by atoms with Crippen molar-refractivity contribution in [2.75, 3.05) is 0 Å². The topological polar surface area (TPSA) is 119 Å². The van der Waals surface area contributed by atoms with Gasteiger partial charge in [0, 0.05) is 18.2 Å². The summed E-state index contributed by atoms with van der Waals surface area (Å²) in [7, 11) is 0. The van der Waals surface area contributed by atoms with Gasteiger partial charge in [-0.3, -0.25) is 9.59 Å². The predicted octanol–water partition coefficient (Wildman–Crippen LogP) is 1.32. The number of rotatable bonds is 3. The fourth-order valence-electron chi connectivity index (χ4n) is 4.57. The molecule has 0 saturated heterocycles. The minimum atomic E-state index is -0.279. The lowest BCUT2D eigenvalue weighted by Gasteiger charge is -2.45. The summed E-state index contributed by atoms with van der Waals surface area (Å²) in [4.78, 5) is 24.0. The van der Waals surface area contributed by atoms with Crippen LogP contribution in [0.5, 0.6) is 0 Å². The van der Waals surface area contributed by atoms with Crippen molar-refractivity contribution in [1.29, 1.82) is 0 Å². The summed E-state index contributed by atoms with van der Waals surface area (Å²) < 4.78 is 1.56. The second-order valence-electron chi connectivity index (χ2n) is 7.52. The third kappa shape index (κ3) is 3.77. The molecule has 2 heterocycles. The lowest BCUT2D eigenvalue weighted by Crippen LogP contribution is -2.53. The number of nitrogens with zero attached hydrogens (tertiary/aromatic N) is 3. The number of fused-ring (bicyclic) bond motifs is 2. The molecule has 27 heavy (non-hydrogen) atoms. The van der Waals surface area contributed by atoms with E-state index in [1.165, 1.54) is 12.5 Å². The van der Waals surface area contributed by atoms with Gasteiger partial charge in [0.15, 0.2) is 5.82 Å². The largest absolute Gasteiger partial charge is 0.349 e. The number of halogens is 1. The van der Waals surface area contributed by atoms with Crippen molar-refractivity contribution in [3.05, 3.63) is 39.9 Å². The zero-order valence-corrected chi connectivity index (χ0v) is 16.0. The minimum Gasteiger partial charge on any atom is -0.349 e. The number of amides is 1. The van der Waals surface area contributed by atoms with E-state index in [4.69, 9.17) is 5.73 Å². The molecule has 146 valence electrons. The van der Waals surface area contributed by atoms with Gasteiger partial charge < -0.3 is 11.1 Å². The molecule has 4 N–H and O–H groups in total. The molecule has 4 rings (SSSR count). The lowest BCUT2D eigenvalue weighted by molar-refractivity contribution is 0.0755. The van der Waals surface area contributed by atoms with Crippen LogP contribution in [-0.2, 0) is 0 Å². The number of aromatic amines is 1. The summed E-state index contributed by atoms with van der Waals surface area (Å²) in [6.07, 6.45) is 7.02. The molecule has 2 unspecified atom stereocenters. The van der Waals surface area contributed by atoms with E-state index in [-0.39, 0.29) is 36.0 Å². The summed E-state index contributed by atoms with van der Waals surface area (Å²) in [5, 5.41) is 13.9. The van der Waals surface area contributed by atoms with Crippen LogP contribution in [0.3, 0.4) is 0 Å². The van der Waals surface area contributed by atoms with E-state index in [1.807, 2.05) is 6.92 Å². The molecule has 2 fully saturated rings. The van der Waals surface area contributed by atoms with Gasteiger partial charge in [0.1, 0.15) is 0 Å². The second kappa shape index (κ2) is 7.82. The number of aromatic nitrogens is 4. The van der Waals surface area contributed by atoms with Crippen molar-refractivity contribution in [2.45, 2.75) is 51.1 Å². The monoisotopic (exact) mass is 392 g/mol. The van der Waals surface area contributed by atoms with Gasteiger partial charge in [-0.1, -0.05) is 6.42 Å². The molecule has 0 spiro atoms. The molecule has 2 aliphatic carbocycles. The Labute approximate surface area is 163 Å². The number of nitrogens with one attached hydrogen (secondary N) is 2. The Morgan fingerprint density at radius 3 is 2.63 bits per heavy atom. The highest BCUT2D eigenvalue weighted by molar-refractivity contribution is 5.95. The highest BCUT2D eigenvalue weighted by atomic mass is 35.5. The van der Waals surface area contributed by atoms with E-state index in [9.17, 15) is 9.59 Å². The fourth-order valence-corrected chi connectivity index (χ4v) is 4.57. The molecule has 2 bridgehead atoms. The molecule has 2 atom stereocenters. The molecule has 0 aliphatic heterocycles. The zero-order valence-electron chi connectivity index (χ0n) is 15.2. The molecule has 8 nitrogen and oxygen atoms in total. The highest BCUT2D eigenvalue weighted by Gasteiger charge is 2.40. The van der Waals surface area contributed by atoms with Crippen LogP contribution >= 0.6 is 12.4 Å². The van der Waals surface area contributed by atoms with E-state index in [2.05, 4.69) is 20.6 Å². The fraction of sp³-hybridized carbons (Fsp3) is 0.556. The van der Waals surface area contributed by atoms with Gasteiger partial charge in [0.2, 0.25) is 0 Å². The van der Waals surface area contributed by atoms with Gasteiger partial charge >= 0.3 is 0 Å². The van der Waals surface area contributed by atoms with Crippen molar-refractivity contribution >= 4 is 18.3 Å². The van der Waals surface area contributed by atoms with Gasteiger partial charge in [0.05, 0.1) is 17.5 Å². The van der Waals surface area contributed by atoms with Crippen LogP contribution in [-0.4, -0.2) is 38.0 Å². The second-order valence-corrected chi connectivity index (χ2v) is 7.52.